The number of esters is 1. The van der Waals surface area contributed by atoms with E-state index in [1.807, 2.05) is 6.07 Å². The van der Waals surface area contributed by atoms with E-state index in [0.29, 0.717) is 26.4 Å². The summed E-state index contributed by atoms with van der Waals surface area (Å²) in [6.45, 7) is 0. The topological polar surface area (TPSA) is 67.8 Å². The highest BCUT2D eigenvalue weighted by atomic mass is 79.9. The fourth-order valence-corrected chi connectivity index (χ4v) is 3.98. The molecule has 0 saturated heterocycles. The summed E-state index contributed by atoms with van der Waals surface area (Å²) in [5.74, 6) is -0.492. The average molecular weight is 551 g/mol. The first kappa shape index (κ1) is 22.2. The molecule has 3 aromatic carbocycles. The number of nitrogens with zero attached hydrogens (tertiary/aromatic N) is 1. The zero-order chi connectivity index (χ0) is 21.5. The molecule has 8 heteroatoms. The van der Waals surface area contributed by atoms with Crippen LogP contribution in [0.4, 0.5) is 0 Å². The first-order valence-electron chi connectivity index (χ1n) is 8.75. The van der Waals surface area contributed by atoms with Crippen LogP contribution in [0.3, 0.4) is 0 Å². The molecule has 0 atom stereocenters. The van der Waals surface area contributed by atoms with Crippen molar-refractivity contribution >= 4 is 61.6 Å². The second-order valence-corrected chi connectivity index (χ2v) is 8.36. The number of hydrogen-bond acceptors (Lipinski definition) is 4. The third-order valence-corrected chi connectivity index (χ3v) is 5.21. The molecule has 0 fully saturated rings. The van der Waals surface area contributed by atoms with Crippen LogP contribution in [0.25, 0.3) is 0 Å². The number of amides is 1. The Labute approximate surface area is 195 Å². The SMILES string of the molecule is O=C(Cc1ccc(Cl)cc1)N/N=C\c1cc(Br)cc(Br)c1OC(=O)c1ccccc1. The maximum atomic E-state index is 12.4. The van der Waals surface area contributed by atoms with Gasteiger partial charge in [-0.3, -0.25) is 4.79 Å². The molecule has 3 rings (SSSR count). The summed E-state index contributed by atoms with van der Waals surface area (Å²) >= 11 is 12.6. The molecule has 152 valence electrons. The van der Waals surface area contributed by atoms with Crippen LogP contribution in [0.15, 0.2) is 80.8 Å². The van der Waals surface area contributed by atoms with Gasteiger partial charge in [0.15, 0.2) is 5.75 Å². The summed E-state index contributed by atoms with van der Waals surface area (Å²) in [6, 6.07) is 19.1. The third-order valence-electron chi connectivity index (χ3n) is 3.91. The lowest BCUT2D eigenvalue weighted by Gasteiger charge is -2.10. The molecule has 0 heterocycles. The van der Waals surface area contributed by atoms with Crippen LogP contribution >= 0.6 is 43.5 Å². The Morgan fingerprint density at radius 1 is 1.03 bits per heavy atom. The minimum atomic E-state index is -0.500. The quantitative estimate of drug-likeness (QED) is 0.183. The molecule has 0 aliphatic carbocycles. The predicted octanol–water partition coefficient (Wildman–Crippen LogP) is 5.78. The number of ether oxygens (including phenoxy) is 1. The van der Waals surface area contributed by atoms with Crippen molar-refractivity contribution in [3.05, 3.63) is 97.4 Å². The standard InChI is InChI=1S/C22H15Br2ClN2O3/c23-17-11-16(13-26-27-20(28)10-14-6-8-18(25)9-7-14)21(19(24)12-17)30-22(29)15-4-2-1-3-5-15/h1-9,11-13H,10H2,(H,27,28)/b26-13-. The lowest BCUT2D eigenvalue weighted by molar-refractivity contribution is -0.120. The van der Waals surface area contributed by atoms with Crippen LogP contribution in [0.1, 0.15) is 21.5 Å². The van der Waals surface area contributed by atoms with Gasteiger partial charge in [0.2, 0.25) is 5.91 Å². The highest BCUT2D eigenvalue weighted by molar-refractivity contribution is 9.11. The fourth-order valence-electron chi connectivity index (χ4n) is 2.51. The zero-order valence-corrected chi connectivity index (χ0v) is 19.4. The Morgan fingerprint density at radius 2 is 1.73 bits per heavy atom. The van der Waals surface area contributed by atoms with Crippen LogP contribution in [0, 0.1) is 0 Å². The average Bonchev–Trinajstić information content (AvgIpc) is 2.72. The number of carbonyl (C=O) groups is 2. The van der Waals surface area contributed by atoms with Crippen molar-refractivity contribution < 1.29 is 14.3 Å². The van der Waals surface area contributed by atoms with Crippen molar-refractivity contribution in [3.63, 3.8) is 0 Å². The maximum absolute atomic E-state index is 12.4. The minimum Gasteiger partial charge on any atom is -0.421 e. The van der Waals surface area contributed by atoms with Gasteiger partial charge in [-0.05, 0) is 57.9 Å². The lowest BCUT2D eigenvalue weighted by Crippen LogP contribution is -2.19. The molecule has 0 spiro atoms. The van der Waals surface area contributed by atoms with Gasteiger partial charge in [-0.1, -0.05) is 57.9 Å². The van der Waals surface area contributed by atoms with Crippen LogP contribution in [-0.2, 0) is 11.2 Å². The predicted molar refractivity (Wildman–Crippen MR) is 124 cm³/mol. The van der Waals surface area contributed by atoms with E-state index in [-0.39, 0.29) is 12.3 Å². The normalized spacial score (nSPS) is 10.8. The number of nitrogens with one attached hydrogen (secondary N) is 1. The summed E-state index contributed by atoms with van der Waals surface area (Å²) < 4.78 is 6.88. The van der Waals surface area contributed by atoms with Crippen LogP contribution in [0.5, 0.6) is 5.75 Å². The molecule has 1 amide bonds. The van der Waals surface area contributed by atoms with E-state index < -0.39 is 5.97 Å². The van der Waals surface area contributed by atoms with Gasteiger partial charge in [0.25, 0.3) is 0 Å². The summed E-state index contributed by atoms with van der Waals surface area (Å²) in [4.78, 5) is 24.5. The molecule has 0 aromatic heterocycles. The Morgan fingerprint density at radius 3 is 2.43 bits per heavy atom. The van der Waals surface area contributed by atoms with E-state index >= 15 is 0 Å². The second kappa shape index (κ2) is 10.5. The summed E-state index contributed by atoms with van der Waals surface area (Å²) in [7, 11) is 0. The number of benzene rings is 3. The Balaban J connectivity index is 1.72. The molecule has 0 radical (unpaired) electrons. The van der Waals surface area contributed by atoms with Crippen molar-refractivity contribution in [2.45, 2.75) is 6.42 Å². The number of rotatable bonds is 6. The van der Waals surface area contributed by atoms with Crippen LogP contribution < -0.4 is 10.2 Å². The van der Waals surface area contributed by atoms with Gasteiger partial charge in [0.1, 0.15) is 0 Å². The van der Waals surface area contributed by atoms with Gasteiger partial charge in [-0.2, -0.15) is 5.10 Å². The van der Waals surface area contributed by atoms with E-state index in [0.717, 1.165) is 10.0 Å². The molecule has 0 bridgehead atoms. The summed E-state index contributed by atoms with van der Waals surface area (Å²) in [6.07, 6.45) is 1.58. The minimum absolute atomic E-state index is 0.159. The number of hydrazone groups is 1. The van der Waals surface area contributed by atoms with Gasteiger partial charge in [-0.25, -0.2) is 10.2 Å². The van der Waals surface area contributed by atoms with Crippen LogP contribution in [0.2, 0.25) is 5.02 Å². The van der Waals surface area contributed by atoms with Crippen molar-refractivity contribution in [2.24, 2.45) is 5.10 Å². The molecule has 5 nitrogen and oxygen atoms in total. The van der Waals surface area contributed by atoms with Crippen molar-refractivity contribution in [1.82, 2.24) is 5.43 Å². The molecule has 0 unspecified atom stereocenters. The number of halogens is 3. The Bertz CT molecular complexity index is 1090. The van der Waals surface area contributed by atoms with E-state index in [1.165, 1.54) is 6.21 Å². The zero-order valence-electron chi connectivity index (χ0n) is 15.4. The molecule has 30 heavy (non-hydrogen) atoms. The molecule has 1 N–H and O–H groups in total. The van der Waals surface area contributed by atoms with Gasteiger partial charge in [0, 0.05) is 15.1 Å². The summed E-state index contributed by atoms with van der Waals surface area (Å²) in [5, 5.41) is 4.60. The smallest absolute Gasteiger partial charge is 0.343 e. The number of hydrogen-bond donors (Lipinski definition) is 1. The van der Waals surface area contributed by atoms with E-state index in [1.54, 1.807) is 60.7 Å². The highest BCUT2D eigenvalue weighted by Crippen LogP contribution is 2.32. The molecule has 3 aromatic rings. The Kier molecular flexibility index (Phi) is 7.79. The van der Waals surface area contributed by atoms with Gasteiger partial charge in [-0.15, -0.1) is 0 Å². The second-order valence-electron chi connectivity index (χ2n) is 6.16. The van der Waals surface area contributed by atoms with Crippen molar-refractivity contribution in [1.29, 1.82) is 0 Å². The molecule has 0 aliphatic heterocycles. The largest absolute Gasteiger partial charge is 0.421 e. The highest BCUT2D eigenvalue weighted by Gasteiger charge is 2.15. The van der Waals surface area contributed by atoms with Crippen molar-refractivity contribution in [3.8, 4) is 5.75 Å². The Hall–Kier alpha value is -2.48. The molecular formula is C22H15Br2ClN2O3. The lowest BCUT2D eigenvalue weighted by atomic mass is 10.1. The third kappa shape index (κ3) is 6.26. The van der Waals surface area contributed by atoms with Gasteiger partial charge in [0.05, 0.1) is 22.7 Å². The monoisotopic (exact) mass is 548 g/mol. The first-order valence-corrected chi connectivity index (χ1v) is 10.7. The fraction of sp³-hybridized carbons (Fsp3) is 0.0455. The molecule has 0 saturated carbocycles. The van der Waals surface area contributed by atoms with Gasteiger partial charge < -0.3 is 4.74 Å². The maximum Gasteiger partial charge on any atom is 0.343 e. The van der Waals surface area contributed by atoms with E-state index in [2.05, 4.69) is 42.4 Å². The summed E-state index contributed by atoms with van der Waals surface area (Å²) in [5.41, 5.74) is 4.22. The first-order chi connectivity index (χ1) is 14.4. The van der Waals surface area contributed by atoms with Gasteiger partial charge >= 0.3 is 5.97 Å². The molecular weight excluding hydrogens is 536 g/mol. The van der Waals surface area contributed by atoms with E-state index in [9.17, 15) is 9.59 Å². The molecule has 0 aliphatic rings. The van der Waals surface area contributed by atoms with Crippen molar-refractivity contribution in [2.75, 3.05) is 0 Å². The van der Waals surface area contributed by atoms with Crippen LogP contribution in [-0.4, -0.2) is 18.1 Å². The van der Waals surface area contributed by atoms with E-state index in [4.69, 9.17) is 16.3 Å². The number of carbonyl (C=O) groups excluding carboxylic acids is 2.